The standard InChI is InChI=1S/C24H23N3O3/c28-21-13-7-8-14-27(21)22(23(29)19-9-3-1-4-10-19)24(30)26-17-15-25(16-18-26)20-11-5-2-6-12-20/h1-14,22H,15-18H2/t22-/m1/s1. The van der Waals surface area contributed by atoms with Crippen LogP contribution in [-0.2, 0) is 4.79 Å². The van der Waals surface area contributed by atoms with Crippen molar-refractivity contribution >= 4 is 17.4 Å². The molecule has 2 aromatic carbocycles. The fourth-order valence-corrected chi connectivity index (χ4v) is 3.77. The van der Waals surface area contributed by atoms with Gasteiger partial charge in [-0.3, -0.25) is 19.0 Å². The molecular formula is C24H23N3O3. The minimum Gasteiger partial charge on any atom is -0.368 e. The topological polar surface area (TPSA) is 62.6 Å². The molecule has 30 heavy (non-hydrogen) atoms. The number of rotatable bonds is 5. The van der Waals surface area contributed by atoms with Crippen LogP contribution in [0.25, 0.3) is 0 Å². The van der Waals surface area contributed by atoms with Gasteiger partial charge in [0.2, 0.25) is 0 Å². The molecule has 0 spiro atoms. The number of carbonyl (C=O) groups excluding carboxylic acids is 2. The lowest BCUT2D eigenvalue weighted by atomic mass is 10.0. The van der Waals surface area contributed by atoms with Crippen LogP contribution in [0.5, 0.6) is 0 Å². The molecule has 1 amide bonds. The maximum absolute atomic E-state index is 13.4. The van der Waals surface area contributed by atoms with Crippen molar-refractivity contribution in [3.63, 3.8) is 0 Å². The fourth-order valence-electron chi connectivity index (χ4n) is 3.77. The summed E-state index contributed by atoms with van der Waals surface area (Å²) < 4.78 is 1.24. The average Bonchev–Trinajstić information content (AvgIpc) is 2.81. The van der Waals surface area contributed by atoms with Gasteiger partial charge in [0.15, 0.2) is 11.8 Å². The van der Waals surface area contributed by atoms with Gasteiger partial charge in [-0.2, -0.15) is 0 Å². The lowest BCUT2D eigenvalue weighted by Crippen LogP contribution is -2.52. The molecule has 1 aliphatic heterocycles. The van der Waals surface area contributed by atoms with Gasteiger partial charge in [0, 0.05) is 49.7 Å². The number of ketones is 1. The molecule has 152 valence electrons. The Morgan fingerprint density at radius 1 is 0.733 bits per heavy atom. The molecule has 1 aliphatic rings. The molecule has 1 fully saturated rings. The molecule has 0 N–H and O–H groups in total. The van der Waals surface area contributed by atoms with Crippen molar-refractivity contribution in [1.82, 2.24) is 9.47 Å². The molecule has 1 saturated heterocycles. The first-order valence-corrected chi connectivity index (χ1v) is 10.0. The zero-order valence-corrected chi connectivity index (χ0v) is 16.6. The third kappa shape index (κ3) is 4.03. The Bertz CT molecular complexity index is 1070. The Hall–Kier alpha value is -3.67. The first-order valence-electron chi connectivity index (χ1n) is 10.0. The summed E-state index contributed by atoms with van der Waals surface area (Å²) in [5, 5.41) is 0. The summed E-state index contributed by atoms with van der Waals surface area (Å²) in [6, 6.07) is 22.1. The molecule has 6 heteroatoms. The number of amides is 1. The molecule has 0 unspecified atom stereocenters. The average molecular weight is 401 g/mol. The number of nitrogens with zero attached hydrogens (tertiary/aromatic N) is 3. The summed E-state index contributed by atoms with van der Waals surface area (Å²) in [6.07, 6.45) is 1.51. The number of benzene rings is 2. The maximum atomic E-state index is 13.4. The smallest absolute Gasteiger partial charge is 0.253 e. The normalized spacial score (nSPS) is 14.9. The van der Waals surface area contributed by atoms with Crippen LogP contribution in [0.4, 0.5) is 5.69 Å². The van der Waals surface area contributed by atoms with E-state index in [2.05, 4.69) is 4.90 Å². The molecule has 0 aliphatic carbocycles. The summed E-state index contributed by atoms with van der Waals surface area (Å²) in [5.41, 5.74) is 1.15. The van der Waals surface area contributed by atoms with Crippen LogP contribution in [0, 0.1) is 0 Å². The van der Waals surface area contributed by atoms with E-state index in [1.807, 2.05) is 36.4 Å². The van der Waals surface area contributed by atoms with Crippen molar-refractivity contribution in [3.05, 3.63) is 101 Å². The second kappa shape index (κ2) is 8.78. The quantitative estimate of drug-likeness (QED) is 0.487. The first-order chi connectivity index (χ1) is 14.6. The van der Waals surface area contributed by atoms with Crippen LogP contribution in [0.15, 0.2) is 89.9 Å². The zero-order valence-electron chi connectivity index (χ0n) is 16.6. The van der Waals surface area contributed by atoms with Crippen LogP contribution in [0.1, 0.15) is 16.4 Å². The number of para-hydroxylation sites is 1. The SMILES string of the molecule is O=C(c1ccccc1)[C@H](C(=O)N1CCN(c2ccccc2)CC1)n1ccccc1=O. The Morgan fingerprint density at radius 3 is 1.97 bits per heavy atom. The maximum Gasteiger partial charge on any atom is 0.253 e. The Balaban J connectivity index is 1.58. The summed E-state index contributed by atoms with van der Waals surface area (Å²) in [6.45, 7) is 2.33. The van der Waals surface area contributed by atoms with E-state index in [1.165, 1.54) is 16.8 Å². The van der Waals surface area contributed by atoms with Crippen LogP contribution in [0.3, 0.4) is 0 Å². The second-order valence-electron chi connectivity index (χ2n) is 7.23. The van der Waals surface area contributed by atoms with Gasteiger partial charge < -0.3 is 9.80 Å². The monoisotopic (exact) mass is 401 g/mol. The van der Waals surface area contributed by atoms with Gasteiger partial charge in [-0.05, 0) is 18.2 Å². The zero-order chi connectivity index (χ0) is 20.9. The Labute approximate surface area is 175 Å². The lowest BCUT2D eigenvalue weighted by Gasteiger charge is -2.37. The van der Waals surface area contributed by atoms with Crippen LogP contribution in [-0.4, -0.2) is 47.3 Å². The van der Waals surface area contributed by atoms with Gasteiger partial charge in [0.1, 0.15) is 0 Å². The van der Waals surface area contributed by atoms with Crippen molar-refractivity contribution in [1.29, 1.82) is 0 Å². The number of aromatic nitrogens is 1. The number of carbonyl (C=O) groups is 2. The fraction of sp³-hybridized carbons (Fsp3) is 0.208. The van der Waals surface area contributed by atoms with E-state index in [1.54, 1.807) is 41.3 Å². The highest BCUT2D eigenvalue weighted by Crippen LogP contribution is 2.20. The summed E-state index contributed by atoms with van der Waals surface area (Å²) in [5.74, 6) is -0.718. The molecule has 0 saturated carbocycles. The van der Waals surface area contributed by atoms with Crippen molar-refractivity contribution in [2.75, 3.05) is 31.1 Å². The largest absolute Gasteiger partial charge is 0.368 e. The minimum atomic E-state index is -1.20. The second-order valence-corrected chi connectivity index (χ2v) is 7.23. The molecular weight excluding hydrogens is 378 g/mol. The predicted molar refractivity (Wildman–Crippen MR) is 116 cm³/mol. The number of Topliss-reactive ketones (excluding diaryl/α,β-unsaturated/α-hetero) is 1. The van der Waals surface area contributed by atoms with Crippen molar-refractivity contribution in [3.8, 4) is 0 Å². The Morgan fingerprint density at radius 2 is 1.33 bits per heavy atom. The molecule has 2 heterocycles. The van der Waals surface area contributed by atoms with Crippen molar-refractivity contribution in [2.24, 2.45) is 0 Å². The van der Waals surface area contributed by atoms with E-state index in [0.29, 0.717) is 31.7 Å². The van der Waals surface area contributed by atoms with Crippen molar-refractivity contribution in [2.45, 2.75) is 6.04 Å². The lowest BCUT2D eigenvalue weighted by molar-refractivity contribution is -0.133. The summed E-state index contributed by atoms with van der Waals surface area (Å²) in [7, 11) is 0. The van der Waals surface area contributed by atoms with Gasteiger partial charge in [-0.25, -0.2) is 0 Å². The van der Waals surface area contributed by atoms with Crippen molar-refractivity contribution < 1.29 is 9.59 Å². The van der Waals surface area contributed by atoms with Crippen LogP contribution >= 0.6 is 0 Å². The number of anilines is 1. The first kappa shape index (κ1) is 19.6. The van der Waals surface area contributed by atoms with Crippen LogP contribution in [0.2, 0.25) is 0 Å². The number of pyridine rings is 1. The van der Waals surface area contributed by atoms with E-state index in [4.69, 9.17) is 0 Å². The molecule has 6 nitrogen and oxygen atoms in total. The van der Waals surface area contributed by atoms with Gasteiger partial charge in [-0.1, -0.05) is 54.6 Å². The number of hydrogen-bond donors (Lipinski definition) is 0. The number of piperazine rings is 1. The van der Waals surface area contributed by atoms with E-state index >= 15 is 0 Å². The third-order valence-electron chi connectivity index (χ3n) is 5.38. The van der Waals surface area contributed by atoms with E-state index in [0.717, 1.165) is 5.69 Å². The van der Waals surface area contributed by atoms with Gasteiger partial charge >= 0.3 is 0 Å². The van der Waals surface area contributed by atoms with E-state index in [-0.39, 0.29) is 17.2 Å². The third-order valence-corrected chi connectivity index (χ3v) is 5.38. The molecule has 0 bridgehead atoms. The molecule has 0 radical (unpaired) electrons. The minimum absolute atomic E-state index is 0.343. The van der Waals surface area contributed by atoms with Crippen LogP contribution < -0.4 is 10.5 Å². The summed E-state index contributed by atoms with van der Waals surface area (Å²) >= 11 is 0. The predicted octanol–water partition coefficient (Wildman–Crippen LogP) is 2.62. The van der Waals surface area contributed by atoms with E-state index in [9.17, 15) is 14.4 Å². The highest BCUT2D eigenvalue weighted by atomic mass is 16.2. The molecule has 4 rings (SSSR count). The number of hydrogen-bond acceptors (Lipinski definition) is 4. The molecule has 3 aromatic rings. The summed E-state index contributed by atoms with van der Waals surface area (Å²) in [4.78, 5) is 43.0. The molecule has 1 atom stereocenters. The highest BCUT2D eigenvalue weighted by Gasteiger charge is 2.34. The van der Waals surface area contributed by atoms with Gasteiger partial charge in [0.05, 0.1) is 0 Å². The van der Waals surface area contributed by atoms with Gasteiger partial charge in [-0.15, -0.1) is 0 Å². The molecule has 1 aromatic heterocycles. The van der Waals surface area contributed by atoms with Gasteiger partial charge in [0.25, 0.3) is 11.5 Å². The highest BCUT2D eigenvalue weighted by molar-refractivity contribution is 6.11. The Kier molecular flexibility index (Phi) is 5.75. The van der Waals surface area contributed by atoms with E-state index < -0.39 is 6.04 Å².